The minimum Gasteiger partial charge on any atom is -0.493 e. The van der Waals surface area contributed by atoms with Crippen molar-refractivity contribution in [2.45, 2.75) is 33.3 Å². The number of benzene rings is 1. The van der Waals surface area contributed by atoms with Gasteiger partial charge in [-0.15, -0.1) is 6.42 Å². The van der Waals surface area contributed by atoms with Gasteiger partial charge in [0.1, 0.15) is 6.61 Å². The second-order valence-corrected chi connectivity index (χ2v) is 5.50. The summed E-state index contributed by atoms with van der Waals surface area (Å²) in [4.78, 5) is 0. The van der Waals surface area contributed by atoms with E-state index in [9.17, 15) is 0 Å². The van der Waals surface area contributed by atoms with E-state index in [4.69, 9.17) is 11.2 Å². The predicted octanol–water partition coefficient (Wildman–Crippen LogP) is 4.16. The van der Waals surface area contributed by atoms with Crippen molar-refractivity contribution in [1.29, 1.82) is 0 Å². The molecular formula is C17H20O. The van der Waals surface area contributed by atoms with E-state index in [1.54, 1.807) is 0 Å². The minimum absolute atomic E-state index is 0.0993. The van der Waals surface area contributed by atoms with Gasteiger partial charge in [-0.2, -0.15) is 0 Å². The molecule has 1 nitrogen and oxygen atoms in total. The summed E-state index contributed by atoms with van der Waals surface area (Å²) >= 11 is 0. The van der Waals surface area contributed by atoms with Crippen LogP contribution < -0.4 is 0 Å². The standard InChI is InChI=1S/C17H20O/c1-4-14-10-11-17(2,3)16(12-14)18-13-15-8-6-5-7-9-15/h1,5-9,12,14H,10-11,13H2,2-3H3. The molecule has 94 valence electrons. The van der Waals surface area contributed by atoms with E-state index in [1.165, 1.54) is 5.56 Å². The van der Waals surface area contributed by atoms with Gasteiger partial charge in [-0.3, -0.25) is 0 Å². The molecule has 0 amide bonds. The smallest absolute Gasteiger partial charge is 0.113 e. The highest BCUT2D eigenvalue weighted by Crippen LogP contribution is 2.39. The molecule has 1 aromatic carbocycles. The fourth-order valence-electron chi connectivity index (χ4n) is 2.24. The van der Waals surface area contributed by atoms with Crippen LogP contribution in [0, 0.1) is 23.7 Å². The van der Waals surface area contributed by atoms with Gasteiger partial charge in [0, 0.05) is 11.3 Å². The molecule has 0 bridgehead atoms. The average Bonchev–Trinajstić information content (AvgIpc) is 2.38. The van der Waals surface area contributed by atoms with Gasteiger partial charge in [-0.05, 0) is 24.5 Å². The van der Waals surface area contributed by atoms with Crippen LogP contribution >= 0.6 is 0 Å². The third-order valence-electron chi connectivity index (χ3n) is 3.55. The first-order valence-electron chi connectivity index (χ1n) is 6.47. The molecule has 0 spiro atoms. The molecule has 0 aliphatic heterocycles. The number of hydrogen-bond acceptors (Lipinski definition) is 1. The summed E-state index contributed by atoms with van der Waals surface area (Å²) in [5, 5.41) is 0. The fraction of sp³-hybridized carbons (Fsp3) is 0.412. The normalized spacial score (nSPS) is 21.8. The minimum atomic E-state index is 0.0993. The Morgan fingerprint density at radius 1 is 1.33 bits per heavy atom. The lowest BCUT2D eigenvalue weighted by Crippen LogP contribution is -2.23. The molecule has 0 fully saturated rings. The topological polar surface area (TPSA) is 9.23 Å². The van der Waals surface area contributed by atoms with Gasteiger partial charge in [0.15, 0.2) is 0 Å². The van der Waals surface area contributed by atoms with Crippen molar-refractivity contribution < 1.29 is 4.74 Å². The quantitative estimate of drug-likeness (QED) is 0.721. The van der Waals surface area contributed by atoms with Crippen LogP contribution in [0.5, 0.6) is 0 Å². The molecule has 0 N–H and O–H groups in total. The van der Waals surface area contributed by atoms with Crippen LogP contribution in [0.25, 0.3) is 0 Å². The number of terminal acetylenes is 1. The predicted molar refractivity (Wildman–Crippen MR) is 74.7 cm³/mol. The Morgan fingerprint density at radius 2 is 2.06 bits per heavy atom. The third-order valence-corrected chi connectivity index (χ3v) is 3.55. The summed E-state index contributed by atoms with van der Waals surface area (Å²) < 4.78 is 5.98. The molecule has 1 aromatic rings. The second kappa shape index (κ2) is 5.31. The molecule has 1 atom stereocenters. The number of rotatable bonds is 3. The van der Waals surface area contributed by atoms with Crippen LogP contribution in [0.2, 0.25) is 0 Å². The zero-order chi connectivity index (χ0) is 13.0. The van der Waals surface area contributed by atoms with E-state index in [-0.39, 0.29) is 11.3 Å². The van der Waals surface area contributed by atoms with Crippen LogP contribution in [0.4, 0.5) is 0 Å². The van der Waals surface area contributed by atoms with Crippen LogP contribution in [0.15, 0.2) is 42.2 Å². The van der Waals surface area contributed by atoms with E-state index >= 15 is 0 Å². The van der Waals surface area contributed by atoms with Crippen molar-refractivity contribution in [3.63, 3.8) is 0 Å². The molecule has 1 aliphatic carbocycles. The van der Waals surface area contributed by atoms with E-state index in [0.717, 1.165) is 18.6 Å². The molecule has 0 saturated carbocycles. The maximum Gasteiger partial charge on any atom is 0.113 e. The van der Waals surface area contributed by atoms with Gasteiger partial charge in [-0.1, -0.05) is 50.1 Å². The first-order chi connectivity index (χ1) is 8.62. The Kier molecular flexibility index (Phi) is 3.77. The van der Waals surface area contributed by atoms with Crippen LogP contribution in [0.1, 0.15) is 32.3 Å². The van der Waals surface area contributed by atoms with Crippen molar-refractivity contribution >= 4 is 0 Å². The zero-order valence-electron chi connectivity index (χ0n) is 11.1. The maximum atomic E-state index is 5.98. The Labute approximate surface area is 110 Å². The van der Waals surface area contributed by atoms with E-state index < -0.39 is 0 Å². The van der Waals surface area contributed by atoms with Crippen molar-refractivity contribution in [3.8, 4) is 12.3 Å². The molecule has 0 heterocycles. The number of hydrogen-bond donors (Lipinski definition) is 0. The number of ether oxygens (including phenoxy) is 1. The highest BCUT2D eigenvalue weighted by atomic mass is 16.5. The Morgan fingerprint density at radius 3 is 2.72 bits per heavy atom. The summed E-state index contributed by atoms with van der Waals surface area (Å²) in [5.41, 5.74) is 1.29. The molecule has 0 radical (unpaired) electrons. The zero-order valence-corrected chi connectivity index (χ0v) is 11.1. The van der Waals surface area contributed by atoms with Gasteiger partial charge in [0.05, 0.1) is 5.76 Å². The van der Waals surface area contributed by atoms with Gasteiger partial charge in [0.2, 0.25) is 0 Å². The number of allylic oxidation sites excluding steroid dienone is 2. The van der Waals surface area contributed by atoms with E-state index in [0.29, 0.717) is 6.61 Å². The summed E-state index contributed by atoms with van der Waals surface area (Å²) in [6.45, 7) is 5.06. The maximum absolute atomic E-state index is 5.98. The summed E-state index contributed by atoms with van der Waals surface area (Å²) in [6, 6.07) is 10.2. The van der Waals surface area contributed by atoms with Crippen molar-refractivity contribution in [2.75, 3.05) is 0 Å². The SMILES string of the molecule is C#CC1C=C(OCc2ccccc2)C(C)(C)CC1. The van der Waals surface area contributed by atoms with Crippen molar-refractivity contribution in [2.24, 2.45) is 11.3 Å². The lowest BCUT2D eigenvalue weighted by atomic mass is 9.77. The molecule has 2 rings (SSSR count). The molecule has 1 heteroatoms. The van der Waals surface area contributed by atoms with Crippen LogP contribution in [0.3, 0.4) is 0 Å². The molecule has 0 aromatic heterocycles. The first kappa shape index (κ1) is 12.8. The van der Waals surface area contributed by atoms with Gasteiger partial charge in [0.25, 0.3) is 0 Å². The van der Waals surface area contributed by atoms with E-state index in [1.807, 2.05) is 18.2 Å². The second-order valence-electron chi connectivity index (χ2n) is 5.50. The van der Waals surface area contributed by atoms with Gasteiger partial charge in [-0.25, -0.2) is 0 Å². The summed E-state index contributed by atoms with van der Waals surface area (Å²) in [5.74, 6) is 4.08. The Hall–Kier alpha value is -1.68. The highest BCUT2D eigenvalue weighted by molar-refractivity contribution is 5.19. The Balaban J connectivity index is 2.07. The average molecular weight is 240 g/mol. The van der Waals surface area contributed by atoms with E-state index in [2.05, 4.69) is 38.0 Å². The summed E-state index contributed by atoms with van der Waals surface area (Å²) in [6.07, 6.45) is 9.77. The van der Waals surface area contributed by atoms with Crippen LogP contribution in [-0.4, -0.2) is 0 Å². The van der Waals surface area contributed by atoms with Crippen molar-refractivity contribution in [1.82, 2.24) is 0 Å². The first-order valence-corrected chi connectivity index (χ1v) is 6.47. The van der Waals surface area contributed by atoms with Gasteiger partial charge >= 0.3 is 0 Å². The molecule has 1 aliphatic rings. The molecule has 1 unspecified atom stereocenters. The molecule has 18 heavy (non-hydrogen) atoms. The third kappa shape index (κ3) is 2.96. The largest absolute Gasteiger partial charge is 0.493 e. The van der Waals surface area contributed by atoms with Crippen molar-refractivity contribution in [3.05, 3.63) is 47.7 Å². The summed E-state index contributed by atoms with van der Waals surface area (Å²) in [7, 11) is 0. The highest BCUT2D eigenvalue weighted by Gasteiger charge is 2.30. The Bertz CT molecular complexity index is 462. The molecular weight excluding hydrogens is 220 g/mol. The fourth-order valence-corrected chi connectivity index (χ4v) is 2.24. The molecule has 0 saturated heterocycles. The van der Waals surface area contributed by atoms with Crippen LogP contribution in [-0.2, 0) is 11.3 Å². The lowest BCUT2D eigenvalue weighted by Gasteiger charge is -2.33. The monoisotopic (exact) mass is 240 g/mol. The lowest BCUT2D eigenvalue weighted by molar-refractivity contribution is 0.114. The van der Waals surface area contributed by atoms with Gasteiger partial charge < -0.3 is 4.74 Å².